The molecule has 0 bridgehead atoms. The Morgan fingerprint density at radius 1 is 1.17 bits per heavy atom. The maximum Gasteiger partial charge on any atom is 0.223 e. The van der Waals surface area contributed by atoms with Gasteiger partial charge in [0.25, 0.3) is 0 Å². The van der Waals surface area contributed by atoms with Gasteiger partial charge in [-0.25, -0.2) is 4.98 Å². The van der Waals surface area contributed by atoms with E-state index in [1.807, 2.05) is 38.1 Å². The van der Waals surface area contributed by atoms with E-state index in [0.29, 0.717) is 28.7 Å². The predicted octanol–water partition coefficient (Wildman–Crippen LogP) is 3.74. The van der Waals surface area contributed by atoms with E-state index in [9.17, 15) is 0 Å². The van der Waals surface area contributed by atoms with Crippen molar-refractivity contribution in [2.75, 3.05) is 6.61 Å². The van der Waals surface area contributed by atoms with E-state index in [2.05, 4.69) is 25.9 Å². The third-order valence-corrected chi connectivity index (χ3v) is 2.53. The van der Waals surface area contributed by atoms with E-state index in [0.717, 1.165) is 5.75 Å². The summed E-state index contributed by atoms with van der Waals surface area (Å²) in [5, 5.41) is 0. The van der Waals surface area contributed by atoms with Crippen molar-refractivity contribution in [2.45, 2.75) is 13.8 Å². The fourth-order valence-electron chi connectivity index (χ4n) is 1.47. The fourth-order valence-corrected chi connectivity index (χ4v) is 1.93. The zero-order chi connectivity index (χ0) is 13.0. The molecule has 0 aliphatic rings. The molecule has 0 unspecified atom stereocenters. The molecule has 0 spiro atoms. The third-order valence-electron chi connectivity index (χ3n) is 2.12. The van der Waals surface area contributed by atoms with E-state index >= 15 is 0 Å². The number of benzene rings is 1. The van der Waals surface area contributed by atoms with Crippen molar-refractivity contribution in [1.29, 1.82) is 0 Å². The molecule has 5 heteroatoms. The van der Waals surface area contributed by atoms with Gasteiger partial charge in [0.15, 0.2) is 0 Å². The molecular weight excluding hydrogens is 296 g/mol. The van der Waals surface area contributed by atoms with Crippen LogP contribution in [-0.4, -0.2) is 16.6 Å². The first kappa shape index (κ1) is 12.8. The fraction of sp³-hybridized carbons (Fsp3) is 0.231. The molecule has 1 aromatic carbocycles. The molecule has 1 heterocycles. The Kier molecular flexibility index (Phi) is 4.15. The molecule has 0 fully saturated rings. The molecule has 0 aliphatic heterocycles. The zero-order valence-electron chi connectivity index (χ0n) is 10.2. The summed E-state index contributed by atoms with van der Waals surface area (Å²) in [4.78, 5) is 8.32. The quantitative estimate of drug-likeness (QED) is 0.807. The molecule has 0 radical (unpaired) electrons. The van der Waals surface area contributed by atoms with Crippen LogP contribution in [0, 0.1) is 6.92 Å². The van der Waals surface area contributed by atoms with Gasteiger partial charge in [0.2, 0.25) is 5.88 Å². The van der Waals surface area contributed by atoms with E-state index in [1.165, 1.54) is 0 Å². The molecule has 94 valence electrons. The summed E-state index contributed by atoms with van der Waals surface area (Å²) in [5.74, 6) is 2.62. The van der Waals surface area contributed by atoms with Crippen LogP contribution in [0.5, 0.6) is 17.4 Å². The molecule has 0 aliphatic carbocycles. The number of halogens is 1. The average molecular weight is 309 g/mol. The van der Waals surface area contributed by atoms with Crippen molar-refractivity contribution >= 4 is 15.9 Å². The van der Waals surface area contributed by atoms with Gasteiger partial charge < -0.3 is 9.47 Å². The third kappa shape index (κ3) is 3.43. The maximum atomic E-state index is 5.67. The first-order valence-corrected chi connectivity index (χ1v) is 6.38. The molecule has 0 atom stereocenters. The minimum Gasteiger partial charge on any atom is -0.494 e. The molecule has 18 heavy (non-hydrogen) atoms. The van der Waals surface area contributed by atoms with Crippen LogP contribution in [0.25, 0.3) is 0 Å². The number of aromatic nitrogens is 2. The Morgan fingerprint density at radius 3 is 2.67 bits per heavy atom. The Balaban J connectivity index is 2.20. The summed E-state index contributed by atoms with van der Waals surface area (Å²) >= 11 is 3.31. The van der Waals surface area contributed by atoms with Crippen molar-refractivity contribution in [3.63, 3.8) is 0 Å². The van der Waals surface area contributed by atoms with E-state index in [-0.39, 0.29) is 0 Å². The molecular formula is C13H13BrN2O2. The minimum atomic E-state index is 0.503. The smallest absolute Gasteiger partial charge is 0.223 e. The van der Waals surface area contributed by atoms with Gasteiger partial charge in [0.05, 0.1) is 6.61 Å². The lowest BCUT2D eigenvalue weighted by molar-refractivity contribution is 0.338. The van der Waals surface area contributed by atoms with Crippen molar-refractivity contribution in [3.8, 4) is 17.4 Å². The van der Waals surface area contributed by atoms with Crippen LogP contribution in [0.2, 0.25) is 0 Å². The van der Waals surface area contributed by atoms with Gasteiger partial charge in [0.1, 0.15) is 21.9 Å². The highest BCUT2D eigenvalue weighted by Crippen LogP contribution is 2.25. The second kappa shape index (κ2) is 5.82. The average Bonchev–Trinajstić information content (AvgIpc) is 2.28. The standard InChI is InChI=1S/C13H13BrN2O2/c1-3-17-10-5-4-6-11(7-10)18-13-8-12(14)15-9(2)16-13/h4-8H,3H2,1-2H3. The van der Waals surface area contributed by atoms with Gasteiger partial charge in [-0.15, -0.1) is 0 Å². The van der Waals surface area contributed by atoms with Crippen molar-refractivity contribution in [1.82, 2.24) is 9.97 Å². The monoisotopic (exact) mass is 308 g/mol. The molecule has 2 aromatic rings. The highest BCUT2D eigenvalue weighted by atomic mass is 79.9. The lowest BCUT2D eigenvalue weighted by Crippen LogP contribution is -1.94. The topological polar surface area (TPSA) is 44.2 Å². The van der Waals surface area contributed by atoms with Crippen LogP contribution in [0.1, 0.15) is 12.7 Å². The summed E-state index contributed by atoms with van der Waals surface area (Å²) in [6, 6.07) is 9.17. The summed E-state index contributed by atoms with van der Waals surface area (Å²) in [6.45, 7) is 4.38. The second-order valence-electron chi connectivity index (χ2n) is 3.59. The van der Waals surface area contributed by atoms with Crippen molar-refractivity contribution < 1.29 is 9.47 Å². The molecule has 0 N–H and O–H groups in total. The predicted molar refractivity (Wildman–Crippen MR) is 72.2 cm³/mol. The number of nitrogens with zero attached hydrogens (tertiary/aromatic N) is 2. The second-order valence-corrected chi connectivity index (χ2v) is 4.40. The molecule has 2 rings (SSSR count). The van der Waals surface area contributed by atoms with Gasteiger partial charge in [0, 0.05) is 12.1 Å². The van der Waals surface area contributed by atoms with Gasteiger partial charge in [-0.1, -0.05) is 6.07 Å². The van der Waals surface area contributed by atoms with Crippen LogP contribution >= 0.6 is 15.9 Å². The highest BCUT2D eigenvalue weighted by molar-refractivity contribution is 9.10. The van der Waals surface area contributed by atoms with Crippen molar-refractivity contribution in [2.24, 2.45) is 0 Å². The number of hydrogen-bond acceptors (Lipinski definition) is 4. The van der Waals surface area contributed by atoms with E-state index < -0.39 is 0 Å². The lowest BCUT2D eigenvalue weighted by atomic mass is 10.3. The summed E-state index contributed by atoms with van der Waals surface area (Å²) < 4.78 is 11.8. The van der Waals surface area contributed by atoms with Gasteiger partial charge >= 0.3 is 0 Å². The van der Waals surface area contributed by atoms with E-state index in [1.54, 1.807) is 6.07 Å². The number of rotatable bonds is 4. The number of ether oxygens (including phenoxy) is 2. The first-order chi connectivity index (χ1) is 8.67. The molecule has 1 aromatic heterocycles. The summed E-state index contributed by atoms with van der Waals surface area (Å²) in [6.07, 6.45) is 0. The Labute approximate surface area is 114 Å². The van der Waals surface area contributed by atoms with Crippen LogP contribution in [-0.2, 0) is 0 Å². The molecule has 0 saturated carbocycles. The normalized spacial score (nSPS) is 10.2. The Bertz CT molecular complexity index is 526. The Morgan fingerprint density at radius 2 is 1.94 bits per heavy atom. The van der Waals surface area contributed by atoms with Crippen LogP contribution in [0.3, 0.4) is 0 Å². The molecule has 4 nitrogen and oxygen atoms in total. The zero-order valence-corrected chi connectivity index (χ0v) is 11.8. The highest BCUT2D eigenvalue weighted by Gasteiger charge is 2.03. The van der Waals surface area contributed by atoms with Gasteiger partial charge in [-0.05, 0) is 41.9 Å². The van der Waals surface area contributed by atoms with Crippen LogP contribution in [0.15, 0.2) is 34.9 Å². The van der Waals surface area contributed by atoms with Crippen LogP contribution in [0.4, 0.5) is 0 Å². The number of hydrogen-bond donors (Lipinski definition) is 0. The van der Waals surface area contributed by atoms with Gasteiger partial charge in [-0.3, -0.25) is 0 Å². The molecule has 0 saturated heterocycles. The number of aryl methyl sites for hydroxylation is 1. The SMILES string of the molecule is CCOc1cccc(Oc2cc(Br)nc(C)n2)c1. The minimum absolute atomic E-state index is 0.503. The van der Waals surface area contributed by atoms with Gasteiger partial charge in [-0.2, -0.15) is 4.98 Å². The maximum absolute atomic E-state index is 5.67. The first-order valence-electron chi connectivity index (χ1n) is 5.59. The van der Waals surface area contributed by atoms with Crippen molar-refractivity contribution in [3.05, 3.63) is 40.8 Å². The summed E-state index contributed by atoms with van der Waals surface area (Å²) in [7, 11) is 0. The van der Waals surface area contributed by atoms with Crippen LogP contribution < -0.4 is 9.47 Å². The summed E-state index contributed by atoms with van der Waals surface area (Å²) in [5.41, 5.74) is 0. The van der Waals surface area contributed by atoms with E-state index in [4.69, 9.17) is 9.47 Å². The lowest BCUT2D eigenvalue weighted by Gasteiger charge is -2.08. The molecule has 0 amide bonds. The Hall–Kier alpha value is -1.62. The largest absolute Gasteiger partial charge is 0.494 e.